The first-order chi connectivity index (χ1) is 8.45. The molecule has 0 fully saturated rings. The predicted molar refractivity (Wildman–Crippen MR) is 71.8 cm³/mol. The SMILES string of the molecule is CCNCC(C)S(=O)(=O)NCCc1cnn(C)c1. The molecule has 1 rings (SSSR count). The largest absolute Gasteiger partial charge is 0.316 e. The molecule has 1 atom stereocenters. The van der Waals surface area contributed by atoms with Gasteiger partial charge in [-0.05, 0) is 25.5 Å². The molecular weight excluding hydrogens is 252 g/mol. The molecule has 0 aromatic carbocycles. The molecule has 0 saturated heterocycles. The molecule has 1 heterocycles. The first-order valence-corrected chi connectivity index (χ1v) is 7.67. The normalized spacial score (nSPS) is 13.7. The van der Waals surface area contributed by atoms with Crippen LogP contribution in [0.4, 0.5) is 0 Å². The molecule has 1 unspecified atom stereocenters. The number of aryl methyl sites for hydroxylation is 1. The maximum atomic E-state index is 11.9. The minimum atomic E-state index is -3.24. The van der Waals surface area contributed by atoms with E-state index in [1.807, 2.05) is 20.2 Å². The lowest BCUT2D eigenvalue weighted by atomic mass is 10.3. The second-order valence-corrected chi connectivity index (χ2v) is 6.51. The van der Waals surface area contributed by atoms with Crippen LogP contribution in [0.1, 0.15) is 19.4 Å². The molecule has 0 radical (unpaired) electrons. The number of aromatic nitrogens is 2. The van der Waals surface area contributed by atoms with Crippen LogP contribution < -0.4 is 10.0 Å². The van der Waals surface area contributed by atoms with E-state index >= 15 is 0 Å². The van der Waals surface area contributed by atoms with Crippen molar-refractivity contribution in [1.29, 1.82) is 0 Å². The maximum Gasteiger partial charge on any atom is 0.215 e. The van der Waals surface area contributed by atoms with Gasteiger partial charge in [0, 0.05) is 26.3 Å². The highest BCUT2D eigenvalue weighted by molar-refractivity contribution is 7.90. The van der Waals surface area contributed by atoms with Crippen LogP contribution in [0, 0.1) is 0 Å². The van der Waals surface area contributed by atoms with E-state index in [-0.39, 0.29) is 0 Å². The molecule has 0 amide bonds. The van der Waals surface area contributed by atoms with Gasteiger partial charge in [0.2, 0.25) is 10.0 Å². The smallest absolute Gasteiger partial charge is 0.215 e. The van der Waals surface area contributed by atoms with Crippen molar-refractivity contribution in [3.63, 3.8) is 0 Å². The van der Waals surface area contributed by atoms with Gasteiger partial charge in [0.1, 0.15) is 0 Å². The van der Waals surface area contributed by atoms with Gasteiger partial charge < -0.3 is 5.32 Å². The third kappa shape index (κ3) is 4.75. The Kier molecular flexibility index (Phi) is 5.77. The van der Waals surface area contributed by atoms with E-state index in [2.05, 4.69) is 15.1 Å². The summed E-state index contributed by atoms with van der Waals surface area (Å²) in [5.74, 6) is 0. The average Bonchev–Trinajstić information content (AvgIpc) is 2.71. The lowest BCUT2D eigenvalue weighted by Gasteiger charge is -2.13. The van der Waals surface area contributed by atoms with E-state index in [1.165, 1.54) is 0 Å². The van der Waals surface area contributed by atoms with E-state index in [0.29, 0.717) is 19.5 Å². The van der Waals surface area contributed by atoms with Crippen molar-refractivity contribution in [2.45, 2.75) is 25.5 Å². The number of hydrogen-bond donors (Lipinski definition) is 2. The topological polar surface area (TPSA) is 76.0 Å². The van der Waals surface area contributed by atoms with Gasteiger partial charge in [0.05, 0.1) is 11.4 Å². The molecule has 104 valence electrons. The van der Waals surface area contributed by atoms with Gasteiger partial charge in [-0.2, -0.15) is 5.10 Å². The Balaban J connectivity index is 2.37. The third-order valence-electron chi connectivity index (χ3n) is 2.69. The molecule has 0 aliphatic rings. The van der Waals surface area contributed by atoms with Gasteiger partial charge >= 0.3 is 0 Å². The zero-order valence-electron chi connectivity index (χ0n) is 11.2. The summed E-state index contributed by atoms with van der Waals surface area (Å²) in [7, 11) is -1.40. The fourth-order valence-corrected chi connectivity index (χ4v) is 2.55. The minimum absolute atomic E-state index is 0.407. The fraction of sp³-hybridized carbons (Fsp3) is 0.727. The molecule has 2 N–H and O–H groups in total. The zero-order valence-corrected chi connectivity index (χ0v) is 12.0. The summed E-state index contributed by atoms with van der Waals surface area (Å²) in [5.41, 5.74) is 1.03. The van der Waals surface area contributed by atoms with Crippen LogP contribution in [0.5, 0.6) is 0 Å². The standard InChI is InChI=1S/C11H22N4O2S/c1-4-12-7-10(2)18(16,17)14-6-5-11-8-13-15(3)9-11/h8-10,12,14H,4-7H2,1-3H3. The molecule has 7 heteroatoms. The van der Waals surface area contributed by atoms with E-state index in [4.69, 9.17) is 0 Å². The molecule has 1 aromatic heterocycles. The molecule has 6 nitrogen and oxygen atoms in total. The van der Waals surface area contributed by atoms with Crippen LogP contribution in [-0.4, -0.2) is 43.1 Å². The third-order valence-corrected chi connectivity index (χ3v) is 4.52. The van der Waals surface area contributed by atoms with Gasteiger partial charge in [-0.25, -0.2) is 13.1 Å². The molecule has 1 aromatic rings. The van der Waals surface area contributed by atoms with Crippen molar-refractivity contribution < 1.29 is 8.42 Å². The summed E-state index contributed by atoms with van der Waals surface area (Å²) >= 11 is 0. The lowest BCUT2D eigenvalue weighted by Crippen LogP contribution is -2.39. The molecule has 0 bridgehead atoms. The van der Waals surface area contributed by atoms with Gasteiger partial charge in [-0.1, -0.05) is 6.92 Å². The predicted octanol–water partition coefficient (Wildman–Crippen LogP) is -0.120. The number of sulfonamides is 1. The molecule has 0 aliphatic carbocycles. The molecule has 0 aliphatic heterocycles. The maximum absolute atomic E-state index is 11.9. The van der Waals surface area contributed by atoms with Gasteiger partial charge in [-0.15, -0.1) is 0 Å². The Morgan fingerprint density at radius 3 is 2.78 bits per heavy atom. The van der Waals surface area contributed by atoms with Crippen molar-refractivity contribution in [3.8, 4) is 0 Å². The molecule has 18 heavy (non-hydrogen) atoms. The highest BCUT2D eigenvalue weighted by atomic mass is 32.2. The summed E-state index contributed by atoms with van der Waals surface area (Å²) < 4.78 is 28.0. The summed E-state index contributed by atoms with van der Waals surface area (Å²) in [4.78, 5) is 0. The number of nitrogens with zero attached hydrogens (tertiary/aromatic N) is 2. The Morgan fingerprint density at radius 1 is 1.50 bits per heavy atom. The summed E-state index contributed by atoms with van der Waals surface area (Å²) in [6.45, 7) is 5.31. The highest BCUT2D eigenvalue weighted by Gasteiger charge is 2.19. The van der Waals surface area contributed by atoms with Crippen molar-refractivity contribution in [3.05, 3.63) is 18.0 Å². The van der Waals surface area contributed by atoms with Gasteiger partial charge in [0.15, 0.2) is 0 Å². The second kappa shape index (κ2) is 6.86. The minimum Gasteiger partial charge on any atom is -0.316 e. The summed E-state index contributed by atoms with van der Waals surface area (Å²) in [5, 5.41) is 6.65. The first-order valence-electron chi connectivity index (χ1n) is 6.12. The van der Waals surface area contributed by atoms with Gasteiger partial charge in [0.25, 0.3) is 0 Å². The summed E-state index contributed by atoms with van der Waals surface area (Å²) in [6, 6.07) is 0. The molecule has 0 saturated carbocycles. The highest BCUT2D eigenvalue weighted by Crippen LogP contribution is 2.00. The fourth-order valence-electron chi connectivity index (χ4n) is 1.54. The van der Waals surface area contributed by atoms with Crippen LogP contribution in [0.3, 0.4) is 0 Å². The number of rotatable bonds is 8. The van der Waals surface area contributed by atoms with Crippen molar-refractivity contribution in [1.82, 2.24) is 19.8 Å². The zero-order chi connectivity index (χ0) is 13.6. The Labute approximate surface area is 109 Å². The van der Waals surface area contributed by atoms with Crippen LogP contribution in [0.2, 0.25) is 0 Å². The van der Waals surface area contributed by atoms with Gasteiger partial charge in [-0.3, -0.25) is 4.68 Å². The van der Waals surface area contributed by atoms with E-state index in [9.17, 15) is 8.42 Å². The van der Waals surface area contributed by atoms with E-state index in [1.54, 1.807) is 17.8 Å². The van der Waals surface area contributed by atoms with E-state index < -0.39 is 15.3 Å². The first kappa shape index (κ1) is 15.1. The second-order valence-electron chi connectivity index (χ2n) is 4.33. The van der Waals surface area contributed by atoms with Crippen molar-refractivity contribution >= 4 is 10.0 Å². The molecule has 0 spiro atoms. The number of nitrogens with one attached hydrogen (secondary N) is 2. The van der Waals surface area contributed by atoms with Crippen LogP contribution >= 0.6 is 0 Å². The Bertz CT molecular complexity index is 455. The lowest BCUT2D eigenvalue weighted by molar-refractivity contribution is 0.560. The quantitative estimate of drug-likeness (QED) is 0.693. The van der Waals surface area contributed by atoms with Crippen LogP contribution in [0.25, 0.3) is 0 Å². The Hall–Kier alpha value is -0.920. The Morgan fingerprint density at radius 2 is 2.22 bits per heavy atom. The monoisotopic (exact) mass is 274 g/mol. The molecular formula is C11H22N4O2S. The van der Waals surface area contributed by atoms with Crippen molar-refractivity contribution in [2.75, 3.05) is 19.6 Å². The van der Waals surface area contributed by atoms with Crippen LogP contribution in [0.15, 0.2) is 12.4 Å². The van der Waals surface area contributed by atoms with Crippen LogP contribution in [-0.2, 0) is 23.5 Å². The van der Waals surface area contributed by atoms with E-state index in [0.717, 1.165) is 12.1 Å². The number of hydrogen-bond acceptors (Lipinski definition) is 4. The summed E-state index contributed by atoms with van der Waals surface area (Å²) in [6.07, 6.45) is 4.29. The average molecular weight is 274 g/mol. The van der Waals surface area contributed by atoms with Crippen molar-refractivity contribution in [2.24, 2.45) is 7.05 Å².